The number of thiophene rings is 1. The Balaban J connectivity index is 1.37. The molecule has 1 aromatic carbocycles. The molecule has 0 spiro atoms. The number of nitrogen functional groups attached to an aromatic ring is 1. The van der Waals surface area contributed by atoms with Crippen LogP contribution in [-0.4, -0.2) is 45.9 Å². The van der Waals surface area contributed by atoms with Crippen LogP contribution in [0.5, 0.6) is 0 Å². The number of aromatic nitrogens is 2. The maximum Gasteiger partial charge on any atom is 0.145 e. The number of rotatable bonds is 4. The molecule has 130 valence electrons. The summed E-state index contributed by atoms with van der Waals surface area (Å²) in [6.07, 6.45) is 0. The van der Waals surface area contributed by atoms with Crippen LogP contribution in [0.3, 0.4) is 0 Å². The summed E-state index contributed by atoms with van der Waals surface area (Å²) in [5.74, 6) is 1.38. The Morgan fingerprint density at radius 3 is 2.40 bits per heavy atom. The first kappa shape index (κ1) is 16.9. The quantitative estimate of drug-likeness (QED) is 0.704. The molecule has 3 aromatic rings. The molecule has 0 amide bonds. The molecule has 2 N–H and O–H groups in total. The number of hydrogen-bond donors (Lipinski definition) is 1. The van der Waals surface area contributed by atoms with Crippen molar-refractivity contribution in [3.05, 3.63) is 50.9 Å². The summed E-state index contributed by atoms with van der Waals surface area (Å²) in [6, 6.07) is 12.2. The average Bonchev–Trinajstić information content (AvgIpc) is 3.02. The van der Waals surface area contributed by atoms with E-state index in [1.54, 1.807) is 0 Å². The number of halogens is 1. The van der Waals surface area contributed by atoms with E-state index in [1.165, 1.54) is 8.66 Å². The predicted octanol–water partition coefficient (Wildman–Crippen LogP) is 3.35. The van der Waals surface area contributed by atoms with Crippen LogP contribution in [-0.2, 0) is 13.1 Å². The minimum absolute atomic E-state index is 0.572. The minimum atomic E-state index is 0.572. The van der Waals surface area contributed by atoms with Gasteiger partial charge in [0.05, 0.1) is 15.8 Å². The third-order valence-electron chi connectivity index (χ3n) is 4.52. The standard InChI is InChI=1S/C18H20BrN5S/c19-16-6-5-13(25-16)11-23-7-9-24(10-8-23)12-17-21-15-4-2-1-3-14(15)18(20)22-17/h1-6H,7-12H2,(H2,20,21,22). The van der Waals surface area contributed by atoms with Gasteiger partial charge < -0.3 is 5.73 Å². The topological polar surface area (TPSA) is 58.3 Å². The van der Waals surface area contributed by atoms with Crippen LogP contribution in [0.25, 0.3) is 10.9 Å². The van der Waals surface area contributed by atoms with Crippen molar-refractivity contribution >= 4 is 44.0 Å². The Labute approximate surface area is 159 Å². The Bertz CT molecular complexity index is 873. The normalized spacial score (nSPS) is 16.5. The van der Waals surface area contributed by atoms with Gasteiger partial charge in [-0.3, -0.25) is 9.80 Å². The zero-order chi connectivity index (χ0) is 17.2. The molecule has 1 saturated heterocycles. The summed E-state index contributed by atoms with van der Waals surface area (Å²) < 4.78 is 1.20. The third-order valence-corrected chi connectivity index (χ3v) is 6.13. The second-order valence-electron chi connectivity index (χ2n) is 6.30. The Morgan fingerprint density at radius 1 is 0.960 bits per heavy atom. The van der Waals surface area contributed by atoms with Gasteiger partial charge in [0.2, 0.25) is 0 Å². The summed E-state index contributed by atoms with van der Waals surface area (Å²) in [7, 11) is 0. The number of nitrogens with two attached hydrogens (primary N) is 1. The monoisotopic (exact) mass is 417 g/mol. The molecule has 25 heavy (non-hydrogen) atoms. The van der Waals surface area contributed by atoms with E-state index >= 15 is 0 Å². The number of para-hydroxylation sites is 1. The lowest BCUT2D eigenvalue weighted by molar-refractivity contribution is 0.121. The van der Waals surface area contributed by atoms with Crippen LogP contribution in [0, 0.1) is 0 Å². The van der Waals surface area contributed by atoms with Gasteiger partial charge in [0.1, 0.15) is 11.6 Å². The van der Waals surface area contributed by atoms with E-state index in [0.717, 1.165) is 56.0 Å². The molecule has 0 saturated carbocycles. The maximum atomic E-state index is 6.09. The van der Waals surface area contributed by atoms with Gasteiger partial charge >= 0.3 is 0 Å². The molecule has 0 unspecified atom stereocenters. The third kappa shape index (κ3) is 4.00. The van der Waals surface area contributed by atoms with Gasteiger partial charge in [-0.05, 0) is 40.2 Å². The average molecular weight is 418 g/mol. The smallest absolute Gasteiger partial charge is 0.145 e. The van der Waals surface area contributed by atoms with Gasteiger partial charge in [-0.25, -0.2) is 9.97 Å². The number of anilines is 1. The molecule has 0 bridgehead atoms. The fraction of sp³-hybridized carbons (Fsp3) is 0.333. The van der Waals surface area contributed by atoms with Crippen molar-refractivity contribution in [2.75, 3.05) is 31.9 Å². The fourth-order valence-electron chi connectivity index (χ4n) is 3.18. The van der Waals surface area contributed by atoms with Crippen LogP contribution >= 0.6 is 27.3 Å². The highest BCUT2D eigenvalue weighted by Gasteiger charge is 2.19. The zero-order valence-electron chi connectivity index (χ0n) is 13.9. The first-order valence-corrected chi connectivity index (χ1v) is 9.98. The Hall–Kier alpha value is -1.54. The molecule has 0 radical (unpaired) electrons. The van der Waals surface area contributed by atoms with Crippen molar-refractivity contribution in [3.8, 4) is 0 Å². The van der Waals surface area contributed by atoms with Gasteiger partial charge in [-0.15, -0.1) is 11.3 Å². The Morgan fingerprint density at radius 2 is 1.68 bits per heavy atom. The molecule has 4 rings (SSSR count). The van der Waals surface area contributed by atoms with E-state index in [0.29, 0.717) is 5.82 Å². The van der Waals surface area contributed by atoms with Crippen LogP contribution in [0.2, 0.25) is 0 Å². The van der Waals surface area contributed by atoms with Gasteiger partial charge in [0.15, 0.2) is 0 Å². The van der Waals surface area contributed by atoms with Gasteiger partial charge in [-0.1, -0.05) is 12.1 Å². The molecule has 0 atom stereocenters. The van der Waals surface area contributed by atoms with E-state index in [4.69, 9.17) is 5.73 Å². The van der Waals surface area contributed by atoms with E-state index in [-0.39, 0.29) is 0 Å². The van der Waals surface area contributed by atoms with E-state index in [9.17, 15) is 0 Å². The largest absolute Gasteiger partial charge is 0.383 e. The number of benzene rings is 1. The molecule has 5 nitrogen and oxygen atoms in total. The van der Waals surface area contributed by atoms with Crippen molar-refractivity contribution in [1.29, 1.82) is 0 Å². The molecule has 1 aliphatic heterocycles. The van der Waals surface area contributed by atoms with E-state index in [2.05, 4.69) is 47.8 Å². The number of fused-ring (bicyclic) bond motifs is 1. The molecule has 3 heterocycles. The van der Waals surface area contributed by atoms with E-state index < -0.39 is 0 Å². The van der Waals surface area contributed by atoms with Gasteiger partial charge in [-0.2, -0.15) is 0 Å². The van der Waals surface area contributed by atoms with E-state index in [1.807, 2.05) is 35.6 Å². The summed E-state index contributed by atoms with van der Waals surface area (Å²) in [6.45, 7) is 5.99. The lowest BCUT2D eigenvalue weighted by atomic mass is 10.2. The lowest BCUT2D eigenvalue weighted by Crippen LogP contribution is -2.45. The summed E-state index contributed by atoms with van der Waals surface area (Å²) in [5.41, 5.74) is 7.01. The molecule has 1 fully saturated rings. The lowest BCUT2D eigenvalue weighted by Gasteiger charge is -2.34. The molecular weight excluding hydrogens is 398 g/mol. The van der Waals surface area contributed by atoms with Crippen LogP contribution in [0.15, 0.2) is 40.2 Å². The summed E-state index contributed by atoms with van der Waals surface area (Å²) >= 11 is 5.35. The zero-order valence-corrected chi connectivity index (χ0v) is 16.3. The van der Waals surface area contributed by atoms with Crippen molar-refractivity contribution in [2.45, 2.75) is 13.1 Å². The highest BCUT2D eigenvalue weighted by molar-refractivity contribution is 9.11. The summed E-state index contributed by atoms with van der Waals surface area (Å²) in [5, 5.41) is 0.929. The Kier molecular flexibility index (Phi) is 4.98. The molecular formula is C18H20BrN5S. The highest BCUT2D eigenvalue weighted by Crippen LogP contribution is 2.24. The number of piperazine rings is 1. The molecule has 7 heteroatoms. The van der Waals surface area contributed by atoms with Crippen LogP contribution in [0.4, 0.5) is 5.82 Å². The SMILES string of the molecule is Nc1nc(CN2CCN(Cc3ccc(Br)s3)CC2)nc2ccccc12. The van der Waals surface area contributed by atoms with Crippen LogP contribution < -0.4 is 5.73 Å². The highest BCUT2D eigenvalue weighted by atomic mass is 79.9. The minimum Gasteiger partial charge on any atom is -0.383 e. The van der Waals surface area contributed by atoms with Crippen molar-refractivity contribution in [1.82, 2.24) is 19.8 Å². The van der Waals surface area contributed by atoms with Crippen molar-refractivity contribution in [3.63, 3.8) is 0 Å². The molecule has 2 aromatic heterocycles. The fourth-order valence-corrected chi connectivity index (χ4v) is 4.71. The molecule has 0 aliphatic carbocycles. The van der Waals surface area contributed by atoms with Gasteiger partial charge in [0.25, 0.3) is 0 Å². The van der Waals surface area contributed by atoms with Gasteiger partial charge in [0, 0.05) is 43.0 Å². The first-order chi connectivity index (χ1) is 12.2. The summed E-state index contributed by atoms with van der Waals surface area (Å²) in [4.78, 5) is 15.5. The van der Waals surface area contributed by atoms with Crippen molar-refractivity contribution in [2.24, 2.45) is 0 Å². The maximum absolute atomic E-state index is 6.09. The second-order valence-corrected chi connectivity index (χ2v) is 8.85. The number of hydrogen-bond acceptors (Lipinski definition) is 6. The number of nitrogens with zero attached hydrogens (tertiary/aromatic N) is 4. The predicted molar refractivity (Wildman–Crippen MR) is 107 cm³/mol. The second kappa shape index (κ2) is 7.37. The van der Waals surface area contributed by atoms with Crippen molar-refractivity contribution < 1.29 is 0 Å². The first-order valence-electron chi connectivity index (χ1n) is 8.37. The van der Waals surface area contributed by atoms with Crippen LogP contribution in [0.1, 0.15) is 10.7 Å². The molecule has 1 aliphatic rings.